The highest BCUT2D eigenvalue weighted by molar-refractivity contribution is 5.98. The van der Waals surface area contributed by atoms with Crippen molar-refractivity contribution < 1.29 is 9.59 Å². The predicted octanol–water partition coefficient (Wildman–Crippen LogP) is 5.47. The van der Waals surface area contributed by atoms with Crippen LogP contribution in [0.2, 0.25) is 0 Å². The second-order valence-electron chi connectivity index (χ2n) is 11.5. The number of nitrogens with zero attached hydrogens (tertiary/aromatic N) is 4. The number of hydrogen-bond acceptors (Lipinski definition) is 4. The summed E-state index contributed by atoms with van der Waals surface area (Å²) >= 11 is 0. The molecule has 0 saturated carbocycles. The standard InChI is InChI=1S/C32H41N5O2/c1-22(2)36-15-13-27(14-16-36)31(38)34-30-19-28(6-5-23(30)3)32(39)37-17-11-26(12-18-37)24-7-9-25(10-8-24)29-20-33-35(4)21-29/h5-10,19-22,26-27H,11-18H2,1-4H3,(H,34,38). The number of carbonyl (C=O) groups is 2. The van der Waals surface area contributed by atoms with Crippen molar-refractivity contribution in [3.05, 3.63) is 71.5 Å². The third-order valence-electron chi connectivity index (χ3n) is 8.58. The van der Waals surface area contributed by atoms with Crippen LogP contribution in [0, 0.1) is 12.8 Å². The highest BCUT2D eigenvalue weighted by Gasteiger charge is 2.28. The molecule has 2 saturated heterocycles. The second kappa shape index (κ2) is 11.7. The lowest BCUT2D eigenvalue weighted by molar-refractivity contribution is -0.121. The predicted molar refractivity (Wildman–Crippen MR) is 156 cm³/mol. The van der Waals surface area contributed by atoms with Crippen LogP contribution >= 0.6 is 0 Å². The minimum Gasteiger partial charge on any atom is -0.339 e. The molecule has 1 aromatic heterocycles. The number of aryl methyl sites for hydroxylation is 2. The summed E-state index contributed by atoms with van der Waals surface area (Å²) in [5.41, 5.74) is 5.99. The van der Waals surface area contributed by atoms with Gasteiger partial charge >= 0.3 is 0 Å². The van der Waals surface area contributed by atoms with Gasteiger partial charge in [0.2, 0.25) is 5.91 Å². The van der Waals surface area contributed by atoms with E-state index >= 15 is 0 Å². The molecule has 0 spiro atoms. The number of likely N-dealkylation sites (tertiary alicyclic amines) is 2. The molecule has 2 aliphatic heterocycles. The number of benzene rings is 2. The zero-order valence-corrected chi connectivity index (χ0v) is 23.7. The largest absolute Gasteiger partial charge is 0.339 e. The van der Waals surface area contributed by atoms with Crippen molar-refractivity contribution in [2.45, 2.75) is 58.4 Å². The van der Waals surface area contributed by atoms with E-state index in [-0.39, 0.29) is 17.7 Å². The molecule has 3 heterocycles. The first kappa shape index (κ1) is 27.1. The molecule has 0 atom stereocenters. The van der Waals surface area contributed by atoms with E-state index in [0.29, 0.717) is 17.5 Å². The average Bonchev–Trinajstić information content (AvgIpc) is 3.40. The van der Waals surface area contributed by atoms with Crippen LogP contribution in [0.25, 0.3) is 11.1 Å². The number of nitrogens with one attached hydrogen (secondary N) is 1. The van der Waals surface area contributed by atoms with Crippen LogP contribution in [-0.2, 0) is 11.8 Å². The summed E-state index contributed by atoms with van der Waals surface area (Å²) in [7, 11) is 1.93. The molecule has 2 aliphatic rings. The van der Waals surface area contributed by atoms with Gasteiger partial charge in [0.25, 0.3) is 5.91 Å². The molecular weight excluding hydrogens is 486 g/mol. The molecule has 7 heteroatoms. The van der Waals surface area contributed by atoms with Crippen molar-refractivity contribution in [3.8, 4) is 11.1 Å². The Bertz CT molecular complexity index is 1300. The Kier molecular flexibility index (Phi) is 8.17. The molecule has 3 aromatic rings. The lowest BCUT2D eigenvalue weighted by atomic mass is 9.88. The summed E-state index contributed by atoms with van der Waals surface area (Å²) in [5.74, 6) is 0.589. The molecule has 2 aromatic carbocycles. The van der Waals surface area contributed by atoms with Crippen molar-refractivity contribution in [2.75, 3.05) is 31.5 Å². The van der Waals surface area contributed by atoms with Crippen LogP contribution in [0.4, 0.5) is 5.69 Å². The highest BCUT2D eigenvalue weighted by Crippen LogP contribution is 2.31. The van der Waals surface area contributed by atoms with E-state index in [4.69, 9.17) is 0 Å². The fourth-order valence-corrected chi connectivity index (χ4v) is 5.92. The number of amides is 2. The molecule has 2 amide bonds. The summed E-state index contributed by atoms with van der Waals surface area (Å²) in [5, 5.41) is 7.40. The van der Waals surface area contributed by atoms with Gasteiger partial charge in [-0.3, -0.25) is 14.3 Å². The van der Waals surface area contributed by atoms with Crippen LogP contribution in [0.5, 0.6) is 0 Å². The third kappa shape index (κ3) is 6.25. The number of aromatic nitrogens is 2. The Morgan fingerprint density at radius 1 is 0.923 bits per heavy atom. The molecule has 5 rings (SSSR count). The van der Waals surface area contributed by atoms with Crippen molar-refractivity contribution in [1.82, 2.24) is 19.6 Å². The maximum absolute atomic E-state index is 13.4. The average molecular weight is 528 g/mol. The maximum Gasteiger partial charge on any atom is 0.253 e. The normalized spacial score (nSPS) is 17.5. The van der Waals surface area contributed by atoms with E-state index in [9.17, 15) is 9.59 Å². The van der Waals surface area contributed by atoms with Gasteiger partial charge in [0.15, 0.2) is 0 Å². The molecule has 0 bridgehead atoms. The summed E-state index contributed by atoms with van der Waals surface area (Å²) in [6, 6.07) is 15.0. The Morgan fingerprint density at radius 3 is 2.23 bits per heavy atom. The Labute approximate surface area is 232 Å². The first-order valence-corrected chi connectivity index (χ1v) is 14.3. The van der Waals surface area contributed by atoms with Crippen LogP contribution in [0.3, 0.4) is 0 Å². The van der Waals surface area contributed by atoms with Crippen LogP contribution in [0.1, 0.15) is 66.9 Å². The molecule has 206 valence electrons. The first-order valence-electron chi connectivity index (χ1n) is 14.3. The summed E-state index contributed by atoms with van der Waals surface area (Å²) < 4.78 is 1.82. The SMILES string of the molecule is Cc1ccc(C(=O)N2CCC(c3ccc(-c4cnn(C)c4)cc3)CC2)cc1NC(=O)C1CCN(C(C)C)CC1. The van der Waals surface area contributed by atoms with Crippen LogP contribution in [0.15, 0.2) is 54.9 Å². The van der Waals surface area contributed by atoms with Crippen molar-refractivity contribution in [3.63, 3.8) is 0 Å². The van der Waals surface area contributed by atoms with Crippen molar-refractivity contribution >= 4 is 17.5 Å². The lowest BCUT2D eigenvalue weighted by Gasteiger charge is -2.34. The molecule has 0 radical (unpaired) electrons. The Balaban J connectivity index is 1.17. The maximum atomic E-state index is 13.4. The monoisotopic (exact) mass is 527 g/mol. The third-order valence-corrected chi connectivity index (χ3v) is 8.58. The van der Waals surface area contributed by atoms with E-state index in [1.807, 2.05) is 54.1 Å². The quantitative estimate of drug-likeness (QED) is 0.461. The molecule has 1 N–H and O–H groups in total. The first-order chi connectivity index (χ1) is 18.8. The molecule has 39 heavy (non-hydrogen) atoms. The van der Waals surface area contributed by atoms with Gasteiger partial charge in [-0.2, -0.15) is 5.10 Å². The molecule has 0 aliphatic carbocycles. The smallest absolute Gasteiger partial charge is 0.253 e. The molecule has 2 fully saturated rings. The fraction of sp³-hybridized carbons (Fsp3) is 0.469. The molecule has 0 unspecified atom stereocenters. The minimum absolute atomic E-state index is 0.0243. The van der Waals surface area contributed by atoms with Gasteiger partial charge in [-0.15, -0.1) is 0 Å². The van der Waals surface area contributed by atoms with Crippen LogP contribution in [-0.4, -0.2) is 63.6 Å². The number of piperidine rings is 2. The number of rotatable bonds is 6. The van der Waals surface area contributed by atoms with E-state index < -0.39 is 0 Å². The van der Waals surface area contributed by atoms with Gasteiger partial charge in [-0.1, -0.05) is 30.3 Å². The lowest BCUT2D eigenvalue weighted by Crippen LogP contribution is -2.41. The molecule has 7 nitrogen and oxygen atoms in total. The summed E-state index contributed by atoms with van der Waals surface area (Å²) in [4.78, 5) is 30.8. The minimum atomic E-state index is 0.0243. The topological polar surface area (TPSA) is 70.5 Å². The fourth-order valence-electron chi connectivity index (χ4n) is 5.92. The van der Waals surface area contributed by atoms with E-state index in [0.717, 1.165) is 68.7 Å². The van der Waals surface area contributed by atoms with Gasteiger partial charge in [0, 0.05) is 55.1 Å². The Hall–Kier alpha value is -3.45. The van der Waals surface area contributed by atoms with E-state index in [1.165, 1.54) is 11.1 Å². The summed E-state index contributed by atoms with van der Waals surface area (Å²) in [6.45, 7) is 9.77. The zero-order chi connectivity index (χ0) is 27.5. The van der Waals surface area contributed by atoms with Gasteiger partial charge in [0.1, 0.15) is 0 Å². The highest BCUT2D eigenvalue weighted by atomic mass is 16.2. The zero-order valence-electron chi connectivity index (χ0n) is 23.7. The molecular formula is C32H41N5O2. The van der Waals surface area contributed by atoms with E-state index in [1.54, 1.807) is 0 Å². The van der Waals surface area contributed by atoms with Gasteiger partial charge < -0.3 is 15.1 Å². The second-order valence-corrected chi connectivity index (χ2v) is 11.5. The van der Waals surface area contributed by atoms with Crippen molar-refractivity contribution in [2.24, 2.45) is 13.0 Å². The van der Waals surface area contributed by atoms with Gasteiger partial charge in [0.05, 0.1) is 6.20 Å². The number of carbonyl (C=O) groups excluding carboxylic acids is 2. The number of anilines is 1. The van der Waals surface area contributed by atoms with Gasteiger partial charge in [-0.05, 0) is 94.3 Å². The van der Waals surface area contributed by atoms with Crippen LogP contribution < -0.4 is 5.32 Å². The van der Waals surface area contributed by atoms with Gasteiger partial charge in [-0.25, -0.2) is 0 Å². The summed E-state index contributed by atoms with van der Waals surface area (Å²) in [6.07, 6.45) is 7.56. The number of hydrogen-bond donors (Lipinski definition) is 1. The van der Waals surface area contributed by atoms with Crippen molar-refractivity contribution in [1.29, 1.82) is 0 Å². The Morgan fingerprint density at radius 2 is 1.62 bits per heavy atom. The van der Waals surface area contributed by atoms with E-state index in [2.05, 4.69) is 53.4 Å².